The maximum absolute atomic E-state index is 13.7. The molecule has 1 nitrogen and oxygen atoms in total. The monoisotopic (exact) mass is 284 g/mol. The van der Waals surface area contributed by atoms with Crippen LogP contribution in [0.2, 0.25) is 5.02 Å². The predicted octanol–water partition coefficient (Wildman–Crippen LogP) is 5.08. The van der Waals surface area contributed by atoms with E-state index in [9.17, 15) is 13.6 Å². The van der Waals surface area contributed by atoms with Crippen molar-refractivity contribution in [1.82, 2.24) is 0 Å². The van der Waals surface area contributed by atoms with Crippen molar-refractivity contribution in [3.63, 3.8) is 0 Å². The molecule has 0 atom stereocenters. The molecule has 0 fully saturated rings. The molecule has 19 heavy (non-hydrogen) atoms. The Morgan fingerprint density at radius 3 is 2.58 bits per heavy atom. The third-order valence-corrected chi connectivity index (χ3v) is 3.63. The second-order valence-corrected chi connectivity index (χ2v) is 5.16. The fourth-order valence-corrected chi connectivity index (χ4v) is 2.42. The highest BCUT2D eigenvalue weighted by atomic mass is 35.5. The molecule has 102 valence electrons. The van der Waals surface area contributed by atoms with Gasteiger partial charge in [-0.25, -0.2) is 8.78 Å². The van der Waals surface area contributed by atoms with E-state index >= 15 is 0 Å². The van der Waals surface area contributed by atoms with Crippen molar-refractivity contribution in [3.05, 3.63) is 46.0 Å². The van der Waals surface area contributed by atoms with Gasteiger partial charge in [-0.15, -0.1) is 0 Å². The van der Waals surface area contributed by atoms with Gasteiger partial charge in [0.2, 0.25) is 0 Å². The van der Waals surface area contributed by atoms with Crippen LogP contribution in [0.4, 0.5) is 8.78 Å². The van der Waals surface area contributed by atoms with Gasteiger partial charge < -0.3 is 0 Å². The fourth-order valence-electron chi connectivity index (χ4n) is 2.27. The van der Waals surface area contributed by atoms with Crippen molar-refractivity contribution in [2.75, 3.05) is 0 Å². The second-order valence-electron chi connectivity index (χ2n) is 4.76. The average molecular weight is 285 g/mol. The molecule has 0 aliphatic heterocycles. The van der Waals surface area contributed by atoms with Crippen LogP contribution in [0.25, 0.3) is 0 Å². The highest BCUT2D eigenvalue weighted by molar-refractivity contribution is 6.30. The summed E-state index contributed by atoms with van der Waals surface area (Å²) in [7, 11) is 0. The van der Waals surface area contributed by atoms with E-state index in [2.05, 4.69) is 0 Å². The zero-order chi connectivity index (χ0) is 13.8. The van der Waals surface area contributed by atoms with Gasteiger partial charge in [0.05, 0.1) is 10.6 Å². The van der Waals surface area contributed by atoms with Crippen molar-refractivity contribution in [3.8, 4) is 0 Å². The number of Topliss-reactive ketones (excluding diaryl/α,β-unsaturated/α-hetero) is 1. The van der Waals surface area contributed by atoms with Gasteiger partial charge in [0, 0.05) is 0 Å². The molecule has 1 aromatic carbocycles. The standard InChI is InChI=1S/C15H15ClF2O/c16-12-9-13(17)11(8-14(12)18)15(19)10-6-4-2-1-3-5-7-10/h6,8-9H,1-5,7H2/b10-6+. The summed E-state index contributed by atoms with van der Waals surface area (Å²) in [4.78, 5) is 12.2. The lowest BCUT2D eigenvalue weighted by Gasteiger charge is -2.11. The smallest absolute Gasteiger partial charge is 0.191 e. The van der Waals surface area contributed by atoms with E-state index in [1.54, 1.807) is 0 Å². The first-order valence-corrected chi connectivity index (χ1v) is 6.85. The molecule has 0 spiro atoms. The van der Waals surface area contributed by atoms with Crippen LogP contribution in [0.1, 0.15) is 48.9 Å². The van der Waals surface area contributed by atoms with E-state index in [1.807, 2.05) is 6.08 Å². The van der Waals surface area contributed by atoms with Gasteiger partial charge in [-0.1, -0.05) is 30.5 Å². The number of hydrogen-bond acceptors (Lipinski definition) is 1. The van der Waals surface area contributed by atoms with Crippen LogP contribution in [0.5, 0.6) is 0 Å². The SMILES string of the molecule is O=C(/C1=C/CCCCCC1)c1cc(F)c(Cl)cc1F. The normalized spacial score (nSPS) is 19.2. The van der Waals surface area contributed by atoms with Crippen molar-refractivity contribution in [1.29, 1.82) is 0 Å². The summed E-state index contributed by atoms with van der Waals surface area (Å²) < 4.78 is 27.1. The minimum Gasteiger partial charge on any atom is -0.289 e. The second kappa shape index (κ2) is 6.29. The molecule has 0 aromatic heterocycles. The summed E-state index contributed by atoms with van der Waals surface area (Å²) in [6.07, 6.45) is 7.47. The minimum atomic E-state index is -0.766. The fraction of sp³-hybridized carbons (Fsp3) is 0.400. The Balaban J connectivity index is 2.30. The minimum absolute atomic E-state index is 0.228. The number of benzene rings is 1. The molecular weight excluding hydrogens is 270 g/mol. The number of halogens is 3. The summed E-state index contributed by atoms with van der Waals surface area (Å²) in [5.74, 6) is -1.95. The lowest BCUT2D eigenvalue weighted by Crippen LogP contribution is -2.08. The molecule has 1 aromatic rings. The van der Waals surface area contributed by atoms with Crippen molar-refractivity contribution in [2.45, 2.75) is 38.5 Å². The molecule has 0 unspecified atom stereocenters. The van der Waals surface area contributed by atoms with Crippen molar-refractivity contribution >= 4 is 17.4 Å². The third-order valence-electron chi connectivity index (χ3n) is 3.34. The van der Waals surface area contributed by atoms with Crippen LogP contribution in [0.15, 0.2) is 23.8 Å². The molecule has 1 aliphatic carbocycles. The topological polar surface area (TPSA) is 17.1 Å². The molecule has 0 N–H and O–H groups in total. The first-order chi connectivity index (χ1) is 9.09. The molecule has 0 saturated carbocycles. The van der Waals surface area contributed by atoms with Crippen LogP contribution >= 0.6 is 11.6 Å². The number of rotatable bonds is 2. The quantitative estimate of drug-likeness (QED) is 0.546. The zero-order valence-electron chi connectivity index (χ0n) is 10.5. The van der Waals surface area contributed by atoms with Crippen LogP contribution in [0.3, 0.4) is 0 Å². The van der Waals surface area contributed by atoms with Crippen LogP contribution in [0, 0.1) is 11.6 Å². The van der Waals surface area contributed by atoms with Gasteiger partial charge in [0.15, 0.2) is 5.78 Å². The van der Waals surface area contributed by atoms with Crippen LogP contribution < -0.4 is 0 Å². The Labute approximate surface area is 116 Å². The van der Waals surface area contributed by atoms with Gasteiger partial charge >= 0.3 is 0 Å². The number of allylic oxidation sites excluding steroid dienone is 2. The van der Waals surface area contributed by atoms with Gasteiger partial charge in [0.25, 0.3) is 0 Å². The highest BCUT2D eigenvalue weighted by Gasteiger charge is 2.19. The number of carbonyl (C=O) groups is 1. The maximum Gasteiger partial charge on any atom is 0.191 e. The van der Waals surface area contributed by atoms with E-state index in [-0.39, 0.29) is 10.6 Å². The zero-order valence-corrected chi connectivity index (χ0v) is 11.3. The van der Waals surface area contributed by atoms with E-state index in [0.29, 0.717) is 12.0 Å². The number of hydrogen-bond donors (Lipinski definition) is 0. The van der Waals surface area contributed by atoms with Crippen molar-refractivity contribution < 1.29 is 13.6 Å². The molecule has 1 aliphatic rings. The van der Waals surface area contributed by atoms with Crippen LogP contribution in [-0.4, -0.2) is 5.78 Å². The van der Waals surface area contributed by atoms with Crippen molar-refractivity contribution in [2.24, 2.45) is 0 Å². The first-order valence-electron chi connectivity index (χ1n) is 6.48. The van der Waals surface area contributed by atoms with E-state index < -0.39 is 17.4 Å². The number of carbonyl (C=O) groups excluding carboxylic acids is 1. The Hall–Kier alpha value is -1.22. The molecule has 0 saturated heterocycles. The van der Waals surface area contributed by atoms with Gasteiger partial charge in [0.1, 0.15) is 11.6 Å². The lowest BCUT2D eigenvalue weighted by atomic mass is 9.94. The molecule has 0 amide bonds. The summed E-state index contributed by atoms with van der Waals surface area (Å²) >= 11 is 5.48. The first kappa shape index (κ1) is 14.2. The Bertz CT molecular complexity index is 523. The summed E-state index contributed by atoms with van der Waals surface area (Å²) in [5.41, 5.74) is 0.356. The van der Waals surface area contributed by atoms with E-state index in [1.165, 1.54) is 0 Å². The molecule has 0 bridgehead atoms. The summed E-state index contributed by atoms with van der Waals surface area (Å²) in [5, 5.41) is -0.305. The average Bonchev–Trinajstić information content (AvgIpc) is 2.32. The van der Waals surface area contributed by atoms with Gasteiger partial charge in [-0.05, 0) is 43.4 Å². The maximum atomic E-state index is 13.7. The van der Waals surface area contributed by atoms with Gasteiger partial charge in [-0.3, -0.25) is 4.79 Å². The molecule has 0 radical (unpaired) electrons. The lowest BCUT2D eigenvalue weighted by molar-refractivity contribution is 0.102. The Morgan fingerprint density at radius 1 is 1.05 bits per heavy atom. The molecular formula is C15H15ClF2O. The molecule has 2 rings (SSSR count). The largest absolute Gasteiger partial charge is 0.289 e. The Morgan fingerprint density at radius 2 is 1.79 bits per heavy atom. The van der Waals surface area contributed by atoms with Crippen LogP contribution in [-0.2, 0) is 0 Å². The van der Waals surface area contributed by atoms with E-state index in [0.717, 1.165) is 44.2 Å². The molecule has 0 heterocycles. The Kier molecular flexibility index (Phi) is 4.70. The molecule has 4 heteroatoms. The third kappa shape index (κ3) is 3.41. The summed E-state index contributed by atoms with van der Waals surface area (Å²) in [6.45, 7) is 0. The summed E-state index contributed by atoms with van der Waals surface area (Å²) in [6, 6.07) is 1.74. The van der Waals surface area contributed by atoms with Gasteiger partial charge in [-0.2, -0.15) is 0 Å². The highest BCUT2D eigenvalue weighted by Crippen LogP contribution is 2.25. The number of ketones is 1. The van der Waals surface area contributed by atoms with E-state index in [4.69, 9.17) is 11.6 Å². The predicted molar refractivity (Wildman–Crippen MR) is 71.5 cm³/mol.